The van der Waals surface area contributed by atoms with Crippen molar-refractivity contribution < 1.29 is 19.1 Å². The quantitative estimate of drug-likeness (QED) is 0.259. The Morgan fingerprint density at radius 1 is 0.902 bits per heavy atom. The zero-order valence-electron chi connectivity index (χ0n) is 26.2. The molecule has 7 nitrogen and oxygen atoms in total. The third kappa shape index (κ3) is 10.7. The molecule has 8 heteroatoms. The summed E-state index contributed by atoms with van der Waals surface area (Å²) in [4.78, 5) is 43.3. The third-order valence-corrected chi connectivity index (χ3v) is 7.51. The van der Waals surface area contributed by atoms with Crippen LogP contribution in [-0.4, -0.2) is 52.5 Å². The summed E-state index contributed by atoms with van der Waals surface area (Å²) >= 11 is 1.60. The van der Waals surface area contributed by atoms with Gasteiger partial charge in [-0.2, -0.15) is 11.8 Å². The molecule has 2 aromatic carbocycles. The zero-order valence-corrected chi connectivity index (χ0v) is 27.1. The van der Waals surface area contributed by atoms with Crippen molar-refractivity contribution in [3.8, 4) is 0 Å². The van der Waals surface area contributed by atoms with Crippen molar-refractivity contribution in [1.82, 2.24) is 10.2 Å². The summed E-state index contributed by atoms with van der Waals surface area (Å²) in [6, 6.07) is 13.2. The van der Waals surface area contributed by atoms with Gasteiger partial charge in [-0.15, -0.1) is 0 Å². The second-order valence-corrected chi connectivity index (χ2v) is 13.1. The summed E-state index contributed by atoms with van der Waals surface area (Å²) < 4.78 is 5.51. The van der Waals surface area contributed by atoms with Gasteiger partial charge in [-0.1, -0.05) is 62.4 Å². The topological polar surface area (TPSA) is 87.7 Å². The van der Waals surface area contributed by atoms with Crippen LogP contribution in [0.1, 0.15) is 83.5 Å². The monoisotopic (exact) mass is 583 g/mol. The minimum atomic E-state index is -0.901. The minimum Gasteiger partial charge on any atom is -0.444 e. The summed E-state index contributed by atoms with van der Waals surface area (Å²) in [7, 11) is 0. The van der Waals surface area contributed by atoms with E-state index in [-0.39, 0.29) is 17.9 Å². The zero-order chi connectivity index (χ0) is 30.7. The van der Waals surface area contributed by atoms with Gasteiger partial charge < -0.3 is 20.3 Å². The van der Waals surface area contributed by atoms with Crippen molar-refractivity contribution >= 4 is 35.4 Å². The molecule has 41 heavy (non-hydrogen) atoms. The van der Waals surface area contributed by atoms with Gasteiger partial charge in [0.15, 0.2) is 0 Å². The van der Waals surface area contributed by atoms with Gasteiger partial charge in [0.1, 0.15) is 17.7 Å². The molecule has 2 N–H and O–H groups in total. The van der Waals surface area contributed by atoms with E-state index in [1.54, 1.807) is 37.4 Å². The van der Waals surface area contributed by atoms with Crippen LogP contribution in [0.2, 0.25) is 0 Å². The van der Waals surface area contributed by atoms with E-state index in [9.17, 15) is 14.4 Å². The Kier molecular flexibility index (Phi) is 13.2. The lowest BCUT2D eigenvalue weighted by Crippen LogP contribution is -2.55. The predicted molar refractivity (Wildman–Crippen MR) is 170 cm³/mol. The number of carbonyl (C=O) groups excluding carboxylic acids is 3. The van der Waals surface area contributed by atoms with Gasteiger partial charge in [-0.05, 0) is 95.4 Å². The first-order valence-electron chi connectivity index (χ1n) is 14.5. The Balaban J connectivity index is 2.61. The fourth-order valence-corrected chi connectivity index (χ4v) is 5.18. The highest BCUT2D eigenvalue weighted by Gasteiger charge is 2.39. The minimum absolute atomic E-state index is 0.268. The van der Waals surface area contributed by atoms with Crippen LogP contribution in [0.25, 0.3) is 0 Å². The highest BCUT2D eigenvalue weighted by Crippen LogP contribution is 2.30. The fourth-order valence-electron chi connectivity index (χ4n) is 4.71. The molecule has 3 unspecified atom stereocenters. The van der Waals surface area contributed by atoms with E-state index in [1.807, 2.05) is 75.6 Å². The van der Waals surface area contributed by atoms with Gasteiger partial charge in [0, 0.05) is 11.7 Å². The average Bonchev–Trinajstić information content (AvgIpc) is 2.89. The number of benzene rings is 2. The van der Waals surface area contributed by atoms with Crippen molar-refractivity contribution in [1.29, 1.82) is 0 Å². The standard InChI is InChI=1S/C33H49N3O4S/c1-22(2)18-19-25(5)36(31(38)27(20-21-41-9)34-32(39)40-33(6,7)8)29(26-16-11-10-12-17-26)30(37)35-28-23(3)14-13-15-24(28)4/h10-17,22,25,27,29H,18-21H2,1-9H3,(H,34,39)(H,35,37). The van der Waals surface area contributed by atoms with E-state index in [0.717, 1.165) is 23.2 Å². The SMILES string of the molecule is CSCCC(NC(=O)OC(C)(C)C)C(=O)N(C(C)CCC(C)C)C(C(=O)Nc1c(C)cccc1C)c1ccccc1. The number of rotatable bonds is 13. The van der Waals surface area contributed by atoms with Crippen LogP contribution in [0.4, 0.5) is 10.5 Å². The number of thioether (sulfide) groups is 1. The van der Waals surface area contributed by atoms with E-state index < -0.39 is 23.8 Å². The Hall–Kier alpha value is -3.00. The summed E-state index contributed by atoms with van der Waals surface area (Å²) in [5, 5.41) is 5.96. The van der Waals surface area contributed by atoms with Crippen LogP contribution in [0.15, 0.2) is 48.5 Å². The summed E-state index contributed by atoms with van der Waals surface area (Å²) in [5.41, 5.74) is 2.63. The van der Waals surface area contributed by atoms with E-state index in [0.29, 0.717) is 30.1 Å². The van der Waals surface area contributed by atoms with Crippen molar-refractivity contribution in [2.24, 2.45) is 5.92 Å². The van der Waals surface area contributed by atoms with Gasteiger partial charge in [-0.25, -0.2) is 4.79 Å². The molecule has 0 heterocycles. The van der Waals surface area contributed by atoms with Crippen molar-refractivity contribution in [2.45, 2.75) is 98.4 Å². The lowest BCUT2D eigenvalue weighted by Gasteiger charge is -2.39. The molecule has 3 amide bonds. The second-order valence-electron chi connectivity index (χ2n) is 12.1. The largest absolute Gasteiger partial charge is 0.444 e. The number of hydrogen-bond acceptors (Lipinski definition) is 5. The molecule has 0 saturated heterocycles. The smallest absolute Gasteiger partial charge is 0.408 e. The second kappa shape index (κ2) is 15.9. The van der Waals surface area contributed by atoms with E-state index in [4.69, 9.17) is 4.74 Å². The highest BCUT2D eigenvalue weighted by molar-refractivity contribution is 7.98. The number of aryl methyl sites for hydroxylation is 2. The number of alkyl carbamates (subject to hydrolysis) is 1. The maximum Gasteiger partial charge on any atom is 0.408 e. The molecule has 0 aliphatic rings. The molecular formula is C33H49N3O4S. The first-order chi connectivity index (χ1) is 19.2. The summed E-state index contributed by atoms with van der Waals surface area (Å²) in [6.07, 6.45) is 3.32. The summed E-state index contributed by atoms with van der Waals surface area (Å²) in [5.74, 6) is 0.497. The molecule has 2 aromatic rings. The molecule has 0 spiro atoms. The van der Waals surface area contributed by atoms with Gasteiger partial charge in [0.2, 0.25) is 5.91 Å². The van der Waals surface area contributed by atoms with Crippen molar-refractivity contribution in [3.05, 3.63) is 65.2 Å². The molecule has 0 saturated carbocycles. The van der Waals surface area contributed by atoms with Gasteiger partial charge in [0.05, 0.1) is 0 Å². The number of amides is 3. The van der Waals surface area contributed by atoms with Crippen LogP contribution < -0.4 is 10.6 Å². The average molecular weight is 584 g/mol. The lowest BCUT2D eigenvalue weighted by atomic mass is 9.96. The first-order valence-corrected chi connectivity index (χ1v) is 15.9. The molecule has 226 valence electrons. The molecule has 0 aliphatic carbocycles. The number of carbonyl (C=O) groups is 3. The number of hydrogen-bond donors (Lipinski definition) is 2. The maximum absolute atomic E-state index is 14.5. The highest BCUT2D eigenvalue weighted by atomic mass is 32.2. The Labute approximate surface area is 251 Å². The Morgan fingerprint density at radius 2 is 1.51 bits per heavy atom. The number of ether oxygens (including phenoxy) is 1. The number of anilines is 1. The number of para-hydroxylation sites is 1. The molecule has 0 bridgehead atoms. The van der Waals surface area contributed by atoms with Crippen LogP contribution in [0, 0.1) is 19.8 Å². The molecule has 0 aromatic heterocycles. The molecule has 0 fully saturated rings. The van der Waals surface area contributed by atoms with Gasteiger partial charge in [-0.3, -0.25) is 9.59 Å². The van der Waals surface area contributed by atoms with Crippen LogP contribution in [0.5, 0.6) is 0 Å². The van der Waals surface area contributed by atoms with Gasteiger partial charge >= 0.3 is 6.09 Å². The molecule has 2 rings (SSSR count). The van der Waals surface area contributed by atoms with Crippen LogP contribution in [0.3, 0.4) is 0 Å². The van der Waals surface area contributed by atoms with Crippen molar-refractivity contribution in [2.75, 3.05) is 17.3 Å². The Morgan fingerprint density at radius 3 is 2.05 bits per heavy atom. The lowest BCUT2D eigenvalue weighted by molar-refractivity contribution is -0.143. The Bertz CT molecular complexity index is 1130. The molecule has 0 radical (unpaired) electrons. The molecule has 0 aliphatic heterocycles. The third-order valence-electron chi connectivity index (χ3n) is 6.86. The predicted octanol–water partition coefficient (Wildman–Crippen LogP) is 7.28. The van der Waals surface area contributed by atoms with E-state index >= 15 is 0 Å². The van der Waals surface area contributed by atoms with Crippen molar-refractivity contribution in [3.63, 3.8) is 0 Å². The molecule has 3 atom stereocenters. The van der Waals surface area contributed by atoms with E-state index in [1.165, 1.54) is 0 Å². The van der Waals surface area contributed by atoms with Gasteiger partial charge in [0.25, 0.3) is 5.91 Å². The fraction of sp³-hybridized carbons (Fsp3) is 0.545. The normalized spacial score (nSPS) is 13.7. The first kappa shape index (κ1) is 34.2. The summed E-state index contributed by atoms with van der Waals surface area (Å²) in [6.45, 7) is 15.6. The van der Waals surface area contributed by atoms with Crippen LogP contribution >= 0.6 is 11.8 Å². The number of nitrogens with zero attached hydrogens (tertiary/aromatic N) is 1. The molecular weight excluding hydrogens is 534 g/mol. The maximum atomic E-state index is 14.5. The number of nitrogens with one attached hydrogen (secondary N) is 2. The van der Waals surface area contributed by atoms with Crippen LogP contribution in [-0.2, 0) is 14.3 Å². The van der Waals surface area contributed by atoms with E-state index in [2.05, 4.69) is 24.5 Å².